The molecule has 1 N–H and O–H groups in total. The van der Waals surface area contributed by atoms with E-state index in [-0.39, 0.29) is 35.6 Å². The van der Waals surface area contributed by atoms with Crippen LogP contribution >= 0.6 is 11.8 Å². The Bertz CT molecular complexity index is 516. The molecule has 1 aliphatic rings. The van der Waals surface area contributed by atoms with E-state index in [2.05, 4.69) is 5.32 Å². The SMILES string of the molecule is Cc1ccc(NC(=O)[C@H]2COCCO2)c(SC(F)(F)F)c1. The van der Waals surface area contributed by atoms with Gasteiger partial charge in [-0.25, -0.2) is 0 Å². The second-order valence-corrected chi connectivity index (χ2v) is 5.58. The van der Waals surface area contributed by atoms with Crippen molar-refractivity contribution >= 4 is 23.4 Å². The summed E-state index contributed by atoms with van der Waals surface area (Å²) in [6, 6.07) is 4.46. The Hall–Kier alpha value is -1.25. The highest BCUT2D eigenvalue weighted by Gasteiger charge is 2.31. The number of rotatable bonds is 3. The van der Waals surface area contributed by atoms with E-state index in [4.69, 9.17) is 9.47 Å². The Kier molecular flexibility index (Phi) is 5.13. The molecule has 1 amide bonds. The van der Waals surface area contributed by atoms with Crippen LogP contribution in [0.5, 0.6) is 0 Å². The molecule has 4 nitrogen and oxygen atoms in total. The van der Waals surface area contributed by atoms with Crippen LogP contribution in [0.3, 0.4) is 0 Å². The first kappa shape index (κ1) is 16.1. The molecule has 0 aromatic heterocycles. The van der Waals surface area contributed by atoms with Gasteiger partial charge in [0, 0.05) is 4.90 Å². The molecule has 1 aromatic rings. The molecular formula is C13H14F3NO3S. The van der Waals surface area contributed by atoms with Gasteiger partial charge in [-0.15, -0.1) is 0 Å². The third-order valence-electron chi connectivity index (χ3n) is 2.73. The van der Waals surface area contributed by atoms with Crippen molar-refractivity contribution in [3.8, 4) is 0 Å². The first-order chi connectivity index (χ1) is 9.85. The maximum Gasteiger partial charge on any atom is 0.446 e. The molecule has 0 aliphatic carbocycles. The first-order valence-corrected chi connectivity index (χ1v) is 7.03. The summed E-state index contributed by atoms with van der Waals surface area (Å²) in [6.07, 6.45) is -0.802. The van der Waals surface area contributed by atoms with Crippen LogP contribution in [0.4, 0.5) is 18.9 Å². The number of ether oxygens (including phenoxy) is 2. The fourth-order valence-electron chi connectivity index (χ4n) is 1.79. The van der Waals surface area contributed by atoms with Gasteiger partial charge in [-0.3, -0.25) is 4.79 Å². The molecule has 1 aromatic carbocycles. The standard InChI is InChI=1S/C13H14F3NO3S/c1-8-2-3-9(11(6-8)21-13(14,15)16)17-12(18)10-7-19-4-5-20-10/h2-3,6,10H,4-5,7H2,1H3,(H,17,18)/t10-/m1/s1. The summed E-state index contributed by atoms with van der Waals surface area (Å²) >= 11 is -0.257. The molecule has 1 aliphatic heterocycles. The predicted molar refractivity (Wildman–Crippen MR) is 72.3 cm³/mol. The van der Waals surface area contributed by atoms with E-state index in [0.717, 1.165) is 0 Å². The number of benzene rings is 1. The van der Waals surface area contributed by atoms with E-state index in [9.17, 15) is 18.0 Å². The molecule has 0 saturated carbocycles. The van der Waals surface area contributed by atoms with Crippen LogP contribution in [0.1, 0.15) is 5.56 Å². The summed E-state index contributed by atoms with van der Waals surface area (Å²) in [5, 5.41) is 2.47. The normalized spacial score (nSPS) is 19.3. The molecule has 21 heavy (non-hydrogen) atoms. The van der Waals surface area contributed by atoms with Crippen LogP contribution in [-0.4, -0.2) is 37.3 Å². The average Bonchev–Trinajstić information content (AvgIpc) is 2.41. The molecule has 0 spiro atoms. The van der Waals surface area contributed by atoms with Crippen LogP contribution in [-0.2, 0) is 14.3 Å². The Labute approximate surface area is 124 Å². The lowest BCUT2D eigenvalue weighted by atomic mass is 10.2. The van der Waals surface area contributed by atoms with E-state index < -0.39 is 17.5 Å². The van der Waals surface area contributed by atoms with Crippen molar-refractivity contribution in [3.63, 3.8) is 0 Å². The summed E-state index contributed by atoms with van der Waals surface area (Å²) in [7, 11) is 0. The topological polar surface area (TPSA) is 47.6 Å². The van der Waals surface area contributed by atoms with Crippen molar-refractivity contribution in [1.82, 2.24) is 0 Å². The van der Waals surface area contributed by atoms with Gasteiger partial charge in [-0.05, 0) is 36.4 Å². The number of nitrogens with one attached hydrogen (secondary N) is 1. The molecule has 8 heteroatoms. The average molecular weight is 321 g/mol. The number of alkyl halides is 3. The van der Waals surface area contributed by atoms with Crippen molar-refractivity contribution in [2.24, 2.45) is 0 Å². The third-order valence-corrected chi connectivity index (χ3v) is 3.52. The number of halogens is 3. The largest absolute Gasteiger partial charge is 0.446 e. The van der Waals surface area contributed by atoms with Gasteiger partial charge in [0.25, 0.3) is 5.91 Å². The predicted octanol–water partition coefficient (Wildman–Crippen LogP) is 2.96. The monoisotopic (exact) mass is 321 g/mol. The van der Waals surface area contributed by atoms with Crippen LogP contribution in [0.25, 0.3) is 0 Å². The van der Waals surface area contributed by atoms with E-state index in [1.807, 2.05) is 0 Å². The number of amides is 1. The summed E-state index contributed by atoms with van der Waals surface area (Å²) in [6.45, 7) is 2.48. The Morgan fingerprint density at radius 3 is 2.76 bits per heavy atom. The summed E-state index contributed by atoms with van der Waals surface area (Å²) in [5.74, 6) is -0.512. The minimum absolute atomic E-state index is 0.0485. The molecular weight excluding hydrogens is 307 g/mol. The summed E-state index contributed by atoms with van der Waals surface area (Å²) < 4.78 is 48.0. The lowest BCUT2D eigenvalue weighted by Gasteiger charge is -2.22. The van der Waals surface area contributed by atoms with Crippen molar-refractivity contribution in [3.05, 3.63) is 23.8 Å². The molecule has 0 radical (unpaired) electrons. The van der Waals surface area contributed by atoms with Gasteiger partial charge in [-0.2, -0.15) is 13.2 Å². The van der Waals surface area contributed by atoms with Crippen molar-refractivity contribution in [2.45, 2.75) is 23.4 Å². The smallest absolute Gasteiger partial charge is 0.376 e. The van der Waals surface area contributed by atoms with Crippen LogP contribution in [0.15, 0.2) is 23.1 Å². The van der Waals surface area contributed by atoms with E-state index in [0.29, 0.717) is 12.2 Å². The number of carbonyl (C=O) groups is 1. The fraction of sp³-hybridized carbons (Fsp3) is 0.462. The summed E-state index contributed by atoms with van der Waals surface area (Å²) in [5.41, 5.74) is -3.63. The molecule has 1 fully saturated rings. The van der Waals surface area contributed by atoms with Gasteiger partial charge in [0.15, 0.2) is 6.10 Å². The van der Waals surface area contributed by atoms with Crippen LogP contribution in [0.2, 0.25) is 0 Å². The van der Waals surface area contributed by atoms with Gasteiger partial charge in [0.1, 0.15) is 0 Å². The molecule has 1 saturated heterocycles. The Balaban J connectivity index is 2.13. The highest BCUT2D eigenvalue weighted by atomic mass is 32.2. The fourth-order valence-corrected chi connectivity index (χ4v) is 2.52. The molecule has 0 unspecified atom stereocenters. The Morgan fingerprint density at radius 1 is 1.38 bits per heavy atom. The van der Waals surface area contributed by atoms with Crippen molar-refractivity contribution < 1.29 is 27.4 Å². The van der Waals surface area contributed by atoms with Crippen LogP contribution in [0, 0.1) is 6.92 Å². The Morgan fingerprint density at radius 2 is 2.14 bits per heavy atom. The van der Waals surface area contributed by atoms with Gasteiger partial charge in [0.05, 0.1) is 25.5 Å². The minimum atomic E-state index is -4.42. The zero-order valence-electron chi connectivity index (χ0n) is 11.2. The van der Waals surface area contributed by atoms with E-state index in [1.54, 1.807) is 13.0 Å². The number of anilines is 1. The minimum Gasteiger partial charge on any atom is -0.376 e. The highest BCUT2D eigenvalue weighted by molar-refractivity contribution is 8.00. The van der Waals surface area contributed by atoms with Crippen LogP contribution < -0.4 is 5.32 Å². The lowest BCUT2D eigenvalue weighted by Crippen LogP contribution is -2.39. The number of hydrogen-bond donors (Lipinski definition) is 1. The number of carbonyl (C=O) groups excluding carboxylic acids is 1. The first-order valence-electron chi connectivity index (χ1n) is 6.22. The zero-order valence-corrected chi connectivity index (χ0v) is 12.0. The van der Waals surface area contributed by atoms with E-state index >= 15 is 0 Å². The van der Waals surface area contributed by atoms with Crippen molar-refractivity contribution in [2.75, 3.05) is 25.1 Å². The zero-order chi connectivity index (χ0) is 15.5. The highest BCUT2D eigenvalue weighted by Crippen LogP contribution is 2.40. The van der Waals surface area contributed by atoms with Crippen molar-refractivity contribution in [1.29, 1.82) is 0 Å². The van der Waals surface area contributed by atoms with Gasteiger partial charge < -0.3 is 14.8 Å². The molecule has 116 valence electrons. The van der Waals surface area contributed by atoms with Gasteiger partial charge in [-0.1, -0.05) is 6.07 Å². The van der Waals surface area contributed by atoms with E-state index in [1.165, 1.54) is 12.1 Å². The molecule has 2 rings (SSSR count). The maximum atomic E-state index is 12.6. The van der Waals surface area contributed by atoms with Gasteiger partial charge >= 0.3 is 5.51 Å². The number of thioether (sulfide) groups is 1. The maximum absolute atomic E-state index is 12.6. The molecule has 1 heterocycles. The van der Waals surface area contributed by atoms with Gasteiger partial charge in [0.2, 0.25) is 0 Å². The second-order valence-electron chi connectivity index (χ2n) is 4.47. The molecule has 1 atom stereocenters. The second kappa shape index (κ2) is 6.67. The summed E-state index contributed by atoms with van der Waals surface area (Å²) in [4.78, 5) is 11.9. The molecule has 0 bridgehead atoms. The number of hydrogen-bond acceptors (Lipinski definition) is 4. The number of aryl methyl sites for hydroxylation is 1. The lowest BCUT2D eigenvalue weighted by molar-refractivity contribution is -0.142. The quantitative estimate of drug-likeness (QED) is 0.870. The third kappa shape index (κ3) is 4.90.